The first-order chi connectivity index (χ1) is 14.3. The van der Waals surface area contributed by atoms with Crippen molar-refractivity contribution >= 4 is 0 Å². The fraction of sp³-hybridized carbons (Fsp3) is 0.571. The Hall–Kier alpha value is -1.80. The third-order valence-corrected chi connectivity index (χ3v) is 6.29. The highest BCUT2D eigenvalue weighted by Crippen LogP contribution is 2.29. The molecule has 0 amide bonds. The second kappa shape index (κ2) is 12.2. The van der Waals surface area contributed by atoms with Gasteiger partial charge in [0.25, 0.3) is 0 Å². The molecule has 2 heteroatoms. The highest BCUT2D eigenvalue weighted by atomic mass is 16.5. The van der Waals surface area contributed by atoms with Crippen LogP contribution in [-0.2, 0) is 12.8 Å². The lowest BCUT2D eigenvalue weighted by molar-refractivity contribution is 0.116. The molecule has 0 aliphatic rings. The highest BCUT2D eigenvalue weighted by molar-refractivity contribution is 5.38. The first-order valence-corrected chi connectivity index (χ1v) is 11.8. The molecule has 2 nitrogen and oxygen atoms in total. The van der Waals surface area contributed by atoms with E-state index in [4.69, 9.17) is 4.74 Å². The van der Waals surface area contributed by atoms with Crippen LogP contribution in [0.4, 0.5) is 0 Å². The zero-order chi connectivity index (χ0) is 22.1. The lowest BCUT2D eigenvalue weighted by atomic mass is 9.88. The van der Waals surface area contributed by atoms with Crippen molar-refractivity contribution in [2.45, 2.75) is 92.1 Å². The van der Waals surface area contributed by atoms with Gasteiger partial charge in [-0.2, -0.15) is 0 Å². The minimum atomic E-state index is -0.211. The fourth-order valence-corrected chi connectivity index (χ4v) is 4.08. The Balaban J connectivity index is 1.97. The number of aliphatic hydroxyl groups excluding tert-OH is 1. The van der Waals surface area contributed by atoms with E-state index in [0.29, 0.717) is 11.8 Å². The minimum Gasteiger partial charge on any atom is -0.493 e. The molecule has 0 fully saturated rings. The summed E-state index contributed by atoms with van der Waals surface area (Å²) in [5, 5.41) is 10.1. The van der Waals surface area contributed by atoms with Crippen molar-refractivity contribution in [1.82, 2.24) is 0 Å². The van der Waals surface area contributed by atoms with E-state index in [1.54, 1.807) is 0 Å². The number of rotatable bonds is 12. The first-order valence-electron chi connectivity index (χ1n) is 11.8. The van der Waals surface area contributed by atoms with Crippen molar-refractivity contribution in [2.24, 2.45) is 5.92 Å². The van der Waals surface area contributed by atoms with Gasteiger partial charge in [-0.15, -0.1) is 0 Å². The monoisotopic (exact) mass is 410 g/mol. The van der Waals surface area contributed by atoms with E-state index in [9.17, 15) is 5.11 Å². The lowest BCUT2D eigenvalue weighted by Gasteiger charge is -2.18. The minimum absolute atomic E-state index is 0.211. The number of benzene rings is 2. The molecule has 2 aromatic rings. The van der Waals surface area contributed by atoms with Crippen molar-refractivity contribution in [3.63, 3.8) is 0 Å². The third kappa shape index (κ3) is 7.16. The third-order valence-electron chi connectivity index (χ3n) is 6.29. The van der Waals surface area contributed by atoms with E-state index in [1.807, 2.05) is 0 Å². The zero-order valence-electron chi connectivity index (χ0n) is 20.0. The largest absolute Gasteiger partial charge is 0.493 e. The maximum atomic E-state index is 10.1. The summed E-state index contributed by atoms with van der Waals surface area (Å²) in [5.41, 5.74) is 6.80. The molecule has 2 atom stereocenters. The van der Waals surface area contributed by atoms with Crippen LogP contribution in [0, 0.1) is 19.8 Å². The van der Waals surface area contributed by atoms with Gasteiger partial charge >= 0.3 is 0 Å². The smallest absolute Gasteiger partial charge is 0.122 e. The molecule has 0 radical (unpaired) electrons. The van der Waals surface area contributed by atoms with E-state index >= 15 is 0 Å². The molecule has 2 rings (SSSR count). The summed E-state index contributed by atoms with van der Waals surface area (Å²) < 4.78 is 5.84. The number of hydrogen-bond acceptors (Lipinski definition) is 2. The standard InChI is InChI=1S/C28H42O2/c1-7-17-30-28-16-14-26(19-22(28)6)24(8-2)11-9-23-10-12-25(21(5)18-23)13-15-27(29)20(3)4/h10,12,14,16,18-20,24,27,29H,7-9,11,13,15,17H2,1-6H3. The molecule has 0 aliphatic heterocycles. The van der Waals surface area contributed by atoms with Crippen molar-refractivity contribution in [3.8, 4) is 5.75 Å². The number of ether oxygens (including phenoxy) is 1. The van der Waals surface area contributed by atoms with Crippen molar-refractivity contribution in [1.29, 1.82) is 0 Å². The summed E-state index contributed by atoms with van der Waals surface area (Å²) in [6, 6.07) is 13.6. The summed E-state index contributed by atoms with van der Waals surface area (Å²) in [6.45, 7) is 13.7. The second-order valence-electron chi connectivity index (χ2n) is 9.13. The Labute approximate surface area is 184 Å². The van der Waals surface area contributed by atoms with Gasteiger partial charge in [0.15, 0.2) is 0 Å². The van der Waals surface area contributed by atoms with Gasteiger partial charge in [0, 0.05) is 0 Å². The summed E-state index contributed by atoms with van der Waals surface area (Å²) in [5.74, 6) is 1.92. The molecule has 0 heterocycles. The van der Waals surface area contributed by atoms with Gasteiger partial charge in [-0.1, -0.05) is 58.0 Å². The SMILES string of the molecule is CCCOc1ccc(C(CC)CCc2ccc(CCC(O)C(C)C)c(C)c2)cc1C. The fourth-order valence-electron chi connectivity index (χ4n) is 4.08. The van der Waals surface area contributed by atoms with Crippen LogP contribution in [0.15, 0.2) is 36.4 Å². The van der Waals surface area contributed by atoms with Crippen molar-refractivity contribution in [2.75, 3.05) is 6.61 Å². The van der Waals surface area contributed by atoms with Crippen LogP contribution in [0.1, 0.15) is 87.1 Å². The van der Waals surface area contributed by atoms with E-state index in [1.165, 1.54) is 27.8 Å². The molecule has 2 aromatic carbocycles. The number of aryl methyl sites for hydroxylation is 4. The van der Waals surface area contributed by atoms with Crippen LogP contribution in [0.2, 0.25) is 0 Å². The Kier molecular flexibility index (Phi) is 9.91. The Morgan fingerprint density at radius 3 is 2.27 bits per heavy atom. The molecule has 166 valence electrons. The average molecular weight is 411 g/mol. The van der Waals surface area contributed by atoms with Crippen LogP contribution < -0.4 is 4.74 Å². The van der Waals surface area contributed by atoms with Gasteiger partial charge in [-0.05, 0) is 98.1 Å². The molecule has 0 aromatic heterocycles. The van der Waals surface area contributed by atoms with E-state index in [0.717, 1.165) is 50.9 Å². The van der Waals surface area contributed by atoms with Gasteiger partial charge in [0.1, 0.15) is 5.75 Å². The van der Waals surface area contributed by atoms with E-state index < -0.39 is 0 Å². The quantitative estimate of drug-likeness (QED) is 0.402. The van der Waals surface area contributed by atoms with Crippen molar-refractivity contribution < 1.29 is 9.84 Å². The van der Waals surface area contributed by atoms with Gasteiger partial charge in [-0.25, -0.2) is 0 Å². The molecular weight excluding hydrogens is 368 g/mol. The zero-order valence-corrected chi connectivity index (χ0v) is 20.0. The van der Waals surface area contributed by atoms with E-state index in [-0.39, 0.29) is 6.10 Å². The van der Waals surface area contributed by atoms with Crippen LogP contribution >= 0.6 is 0 Å². The maximum Gasteiger partial charge on any atom is 0.122 e. The van der Waals surface area contributed by atoms with Crippen LogP contribution in [-0.4, -0.2) is 17.8 Å². The topological polar surface area (TPSA) is 29.5 Å². The molecule has 30 heavy (non-hydrogen) atoms. The van der Waals surface area contributed by atoms with Gasteiger partial charge in [0.05, 0.1) is 12.7 Å². The van der Waals surface area contributed by atoms with E-state index in [2.05, 4.69) is 77.9 Å². The predicted molar refractivity (Wildman–Crippen MR) is 129 cm³/mol. The van der Waals surface area contributed by atoms with Gasteiger partial charge in [0.2, 0.25) is 0 Å². The van der Waals surface area contributed by atoms with Gasteiger partial charge < -0.3 is 9.84 Å². The summed E-state index contributed by atoms with van der Waals surface area (Å²) in [4.78, 5) is 0. The van der Waals surface area contributed by atoms with Crippen molar-refractivity contribution in [3.05, 3.63) is 64.2 Å². The molecule has 0 saturated heterocycles. The Morgan fingerprint density at radius 1 is 0.900 bits per heavy atom. The number of aliphatic hydroxyl groups is 1. The van der Waals surface area contributed by atoms with Crippen LogP contribution in [0.5, 0.6) is 5.75 Å². The Morgan fingerprint density at radius 2 is 1.67 bits per heavy atom. The molecule has 2 unspecified atom stereocenters. The second-order valence-corrected chi connectivity index (χ2v) is 9.13. The summed E-state index contributed by atoms with van der Waals surface area (Å²) >= 11 is 0. The summed E-state index contributed by atoms with van der Waals surface area (Å²) in [6.07, 6.45) is 6.03. The maximum absolute atomic E-state index is 10.1. The average Bonchev–Trinajstić information content (AvgIpc) is 2.72. The molecule has 0 aliphatic carbocycles. The molecule has 0 spiro atoms. The lowest BCUT2D eigenvalue weighted by Crippen LogP contribution is -2.15. The molecular formula is C28H42O2. The molecule has 0 saturated carbocycles. The highest BCUT2D eigenvalue weighted by Gasteiger charge is 2.13. The molecule has 1 N–H and O–H groups in total. The molecule has 0 bridgehead atoms. The Bertz CT molecular complexity index is 778. The van der Waals surface area contributed by atoms with Crippen LogP contribution in [0.25, 0.3) is 0 Å². The summed E-state index contributed by atoms with van der Waals surface area (Å²) in [7, 11) is 0. The first kappa shape index (κ1) is 24.5. The predicted octanol–water partition coefficient (Wildman–Crippen LogP) is 7.17. The van der Waals surface area contributed by atoms with Crippen LogP contribution in [0.3, 0.4) is 0 Å². The van der Waals surface area contributed by atoms with Gasteiger partial charge in [-0.3, -0.25) is 0 Å². The normalized spacial score (nSPS) is 13.5. The number of hydrogen-bond donors (Lipinski definition) is 1.